The lowest BCUT2D eigenvalue weighted by molar-refractivity contribution is -0.121. The molecule has 4 aromatic rings. The molecule has 1 N–H and O–H groups in total. The van der Waals surface area contributed by atoms with E-state index in [9.17, 15) is 9.59 Å². The van der Waals surface area contributed by atoms with Crippen molar-refractivity contribution >= 4 is 46.0 Å². The summed E-state index contributed by atoms with van der Waals surface area (Å²) in [6, 6.07) is 13.5. The van der Waals surface area contributed by atoms with E-state index in [1.807, 2.05) is 30.4 Å². The van der Waals surface area contributed by atoms with Gasteiger partial charge in [0, 0.05) is 29.8 Å². The van der Waals surface area contributed by atoms with Gasteiger partial charge in [0.2, 0.25) is 11.7 Å². The highest BCUT2D eigenvalue weighted by Crippen LogP contribution is 2.26. The molecule has 0 spiro atoms. The molecule has 1 amide bonds. The van der Waals surface area contributed by atoms with Gasteiger partial charge in [-0.2, -0.15) is 0 Å². The van der Waals surface area contributed by atoms with Crippen molar-refractivity contribution < 1.29 is 4.79 Å². The minimum absolute atomic E-state index is 0.0346. The van der Waals surface area contributed by atoms with Gasteiger partial charge in [0.15, 0.2) is 5.16 Å². The Hall–Kier alpha value is -2.84. The van der Waals surface area contributed by atoms with Crippen LogP contribution in [0.5, 0.6) is 0 Å². The maximum Gasteiger partial charge on any atom is 0.262 e. The zero-order valence-corrected chi connectivity index (χ0v) is 19.7. The van der Waals surface area contributed by atoms with Crippen molar-refractivity contribution in [3.63, 3.8) is 0 Å². The number of hydrogen-bond acceptors (Lipinski definition) is 5. The first-order valence-electron chi connectivity index (χ1n) is 10.4. The number of aromatic nitrogens is 4. The van der Waals surface area contributed by atoms with Gasteiger partial charge in [-0.15, -0.1) is 10.2 Å². The van der Waals surface area contributed by atoms with Crippen molar-refractivity contribution in [2.45, 2.75) is 50.7 Å². The predicted octanol–water partition coefficient (Wildman–Crippen LogP) is 4.21. The Morgan fingerprint density at radius 3 is 2.75 bits per heavy atom. The van der Waals surface area contributed by atoms with Gasteiger partial charge in [0.1, 0.15) is 0 Å². The molecule has 0 bridgehead atoms. The van der Waals surface area contributed by atoms with Crippen LogP contribution in [0.2, 0.25) is 5.02 Å². The van der Waals surface area contributed by atoms with Gasteiger partial charge in [0.05, 0.1) is 10.9 Å². The highest BCUT2D eigenvalue weighted by atomic mass is 35.5. The first kappa shape index (κ1) is 22.4. The molecule has 0 unspecified atom stereocenters. The lowest BCUT2D eigenvalue weighted by atomic mass is 10.2. The van der Waals surface area contributed by atoms with Gasteiger partial charge in [-0.1, -0.05) is 53.2 Å². The minimum atomic E-state index is -0.241. The molecule has 2 aromatic carbocycles. The third-order valence-corrected chi connectivity index (χ3v) is 6.23. The van der Waals surface area contributed by atoms with E-state index >= 15 is 0 Å². The maximum atomic E-state index is 13.2. The second-order valence-electron chi connectivity index (χ2n) is 7.99. The van der Waals surface area contributed by atoms with Gasteiger partial charge >= 0.3 is 0 Å². The monoisotopic (exact) mass is 469 g/mol. The number of amides is 1. The minimum Gasteiger partial charge on any atom is -0.354 e. The fourth-order valence-corrected chi connectivity index (χ4v) is 4.67. The van der Waals surface area contributed by atoms with E-state index in [-0.39, 0.29) is 30.5 Å². The number of halogens is 1. The van der Waals surface area contributed by atoms with Crippen molar-refractivity contribution in [1.29, 1.82) is 0 Å². The number of aryl methyl sites for hydroxylation is 2. The SMILES string of the molecule is Cc1cccc(CSc2nnc3n(CCC(=O)NC(C)C)c(=O)c4cc(Cl)ccc4n23)c1. The molecule has 0 radical (unpaired) electrons. The van der Waals surface area contributed by atoms with E-state index in [4.69, 9.17) is 11.6 Å². The molecular formula is C23H24ClN5O2S. The Kier molecular flexibility index (Phi) is 6.53. The van der Waals surface area contributed by atoms with E-state index in [1.165, 1.54) is 15.7 Å². The Balaban J connectivity index is 1.76. The molecule has 0 saturated heterocycles. The first-order valence-corrected chi connectivity index (χ1v) is 11.7. The molecule has 0 fully saturated rings. The van der Waals surface area contributed by atoms with Crippen LogP contribution in [0, 0.1) is 6.92 Å². The third kappa shape index (κ3) is 4.66. The molecule has 9 heteroatoms. The number of hydrogen-bond donors (Lipinski definition) is 1. The summed E-state index contributed by atoms with van der Waals surface area (Å²) in [5.41, 5.74) is 2.82. The predicted molar refractivity (Wildman–Crippen MR) is 128 cm³/mol. The fourth-order valence-electron chi connectivity index (χ4n) is 3.61. The van der Waals surface area contributed by atoms with Crippen molar-refractivity contribution in [3.05, 3.63) is 69.0 Å². The molecule has 2 heterocycles. The van der Waals surface area contributed by atoms with E-state index < -0.39 is 0 Å². The average Bonchev–Trinajstić information content (AvgIpc) is 3.15. The lowest BCUT2D eigenvalue weighted by Crippen LogP contribution is -2.32. The van der Waals surface area contributed by atoms with Crippen molar-refractivity contribution in [2.24, 2.45) is 0 Å². The Morgan fingerprint density at radius 2 is 2.00 bits per heavy atom. The summed E-state index contributed by atoms with van der Waals surface area (Å²) in [7, 11) is 0. The second kappa shape index (κ2) is 9.34. The van der Waals surface area contributed by atoms with Crippen LogP contribution in [0.4, 0.5) is 0 Å². The van der Waals surface area contributed by atoms with Gasteiger partial charge in [-0.05, 0) is 44.5 Å². The van der Waals surface area contributed by atoms with Crippen LogP contribution >= 0.6 is 23.4 Å². The Labute approximate surface area is 194 Å². The number of nitrogens with one attached hydrogen (secondary N) is 1. The standard InChI is InChI=1S/C23H24ClN5O2S/c1-14(2)25-20(30)9-10-28-21(31)18-12-17(24)7-8-19(18)29-22(28)26-27-23(29)32-13-16-6-4-5-15(3)11-16/h4-8,11-12,14H,9-10,13H2,1-3H3,(H,25,30). The van der Waals surface area contributed by atoms with Crippen LogP contribution in [0.15, 0.2) is 52.4 Å². The number of nitrogens with zero attached hydrogens (tertiary/aromatic N) is 4. The van der Waals surface area contributed by atoms with E-state index in [0.29, 0.717) is 32.6 Å². The number of carbonyl (C=O) groups is 1. The van der Waals surface area contributed by atoms with E-state index in [0.717, 1.165) is 0 Å². The van der Waals surface area contributed by atoms with E-state index in [1.54, 1.807) is 23.9 Å². The van der Waals surface area contributed by atoms with Gasteiger partial charge in [-0.3, -0.25) is 18.6 Å². The summed E-state index contributed by atoms with van der Waals surface area (Å²) < 4.78 is 3.37. The molecule has 0 aliphatic carbocycles. The molecular weight excluding hydrogens is 446 g/mol. The quantitative estimate of drug-likeness (QED) is 0.410. The van der Waals surface area contributed by atoms with Gasteiger partial charge < -0.3 is 5.32 Å². The number of thioether (sulfide) groups is 1. The topological polar surface area (TPSA) is 81.3 Å². The zero-order valence-electron chi connectivity index (χ0n) is 18.1. The van der Waals surface area contributed by atoms with E-state index in [2.05, 4.69) is 40.6 Å². The number of benzene rings is 2. The molecule has 0 saturated carbocycles. The summed E-state index contributed by atoms with van der Waals surface area (Å²) in [6.45, 7) is 6.06. The van der Waals surface area contributed by atoms with Crippen LogP contribution in [-0.4, -0.2) is 31.1 Å². The third-order valence-electron chi connectivity index (χ3n) is 5.00. The highest BCUT2D eigenvalue weighted by molar-refractivity contribution is 7.98. The van der Waals surface area contributed by atoms with Gasteiger partial charge in [-0.25, -0.2) is 0 Å². The van der Waals surface area contributed by atoms with Crippen LogP contribution < -0.4 is 10.9 Å². The summed E-state index contributed by atoms with van der Waals surface area (Å²) >= 11 is 7.74. The normalized spacial score (nSPS) is 11.5. The smallest absolute Gasteiger partial charge is 0.262 e. The molecule has 0 atom stereocenters. The molecule has 0 aliphatic rings. The summed E-state index contributed by atoms with van der Waals surface area (Å²) in [6.07, 6.45) is 0.165. The van der Waals surface area contributed by atoms with Crippen LogP contribution in [0.3, 0.4) is 0 Å². The van der Waals surface area contributed by atoms with Crippen LogP contribution in [0.25, 0.3) is 16.7 Å². The molecule has 2 aromatic heterocycles. The second-order valence-corrected chi connectivity index (χ2v) is 9.37. The number of rotatable bonds is 7. The summed E-state index contributed by atoms with van der Waals surface area (Å²) in [5, 5.41) is 13.1. The van der Waals surface area contributed by atoms with Crippen molar-refractivity contribution in [1.82, 2.24) is 24.5 Å². The van der Waals surface area contributed by atoms with Crippen molar-refractivity contribution in [3.8, 4) is 0 Å². The fraction of sp³-hybridized carbons (Fsp3) is 0.304. The number of fused-ring (bicyclic) bond motifs is 3. The van der Waals surface area contributed by atoms with Gasteiger partial charge in [0.25, 0.3) is 5.56 Å². The Morgan fingerprint density at radius 1 is 1.19 bits per heavy atom. The molecule has 4 rings (SSSR count). The largest absolute Gasteiger partial charge is 0.354 e. The van der Waals surface area contributed by atoms with Crippen LogP contribution in [0.1, 0.15) is 31.4 Å². The Bertz CT molecular complexity index is 1360. The molecule has 7 nitrogen and oxygen atoms in total. The van der Waals surface area contributed by atoms with Crippen LogP contribution in [-0.2, 0) is 17.1 Å². The maximum absolute atomic E-state index is 13.2. The summed E-state index contributed by atoms with van der Waals surface area (Å²) in [4.78, 5) is 25.4. The number of carbonyl (C=O) groups excluding carboxylic acids is 1. The summed E-state index contributed by atoms with van der Waals surface area (Å²) in [5.74, 6) is 1.01. The lowest BCUT2D eigenvalue weighted by Gasteiger charge is -2.12. The first-order chi connectivity index (χ1) is 15.3. The average molecular weight is 470 g/mol. The molecule has 32 heavy (non-hydrogen) atoms. The molecule has 0 aliphatic heterocycles. The zero-order chi connectivity index (χ0) is 22.8. The molecule has 166 valence electrons. The van der Waals surface area contributed by atoms with Crippen molar-refractivity contribution in [2.75, 3.05) is 0 Å². The highest BCUT2D eigenvalue weighted by Gasteiger charge is 2.18.